The summed E-state index contributed by atoms with van der Waals surface area (Å²) < 4.78 is 5.75. The molecular weight excluding hydrogens is 238 g/mol. The zero-order chi connectivity index (χ0) is 13.1. The van der Waals surface area contributed by atoms with E-state index < -0.39 is 0 Å². The lowest BCUT2D eigenvalue weighted by molar-refractivity contribution is 0.202. The van der Waals surface area contributed by atoms with Gasteiger partial charge in [0.1, 0.15) is 0 Å². The van der Waals surface area contributed by atoms with Crippen LogP contribution in [0.15, 0.2) is 28.7 Å². The van der Waals surface area contributed by atoms with Gasteiger partial charge in [-0.25, -0.2) is 0 Å². The third kappa shape index (κ3) is 3.01. The topological polar surface area (TPSA) is 42.2 Å². The number of likely N-dealkylation sites (tertiary alicyclic amines) is 1. The highest BCUT2D eigenvalue weighted by atomic mass is 16.4. The summed E-state index contributed by atoms with van der Waals surface area (Å²) >= 11 is 0. The summed E-state index contributed by atoms with van der Waals surface area (Å²) in [6.07, 6.45) is 3.90. The second kappa shape index (κ2) is 5.53. The van der Waals surface area contributed by atoms with Gasteiger partial charge in [-0.3, -0.25) is 4.90 Å². The van der Waals surface area contributed by atoms with Crippen molar-refractivity contribution in [2.24, 2.45) is 0 Å². The predicted octanol–water partition coefficient (Wildman–Crippen LogP) is 3.03. The molecule has 1 aliphatic heterocycles. The second-order valence-electron chi connectivity index (χ2n) is 5.20. The largest absolute Gasteiger partial charge is 0.419 e. The standard InChI is InChI=1S/C15H19N3O/c1-12-5-7-13(8-6-12)15-17-16-14(19-15)11-18-9-3-2-4-10-18/h5-8H,2-4,9-11H2,1H3. The minimum atomic E-state index is 0.618. The summed E-state index contributed by atoms with van der Waals surface area (Å²) in [6.45, 7) is 5.13. The lowest BCUT2D eigenvalue weighted by Gasteiger charge is -2.24. The molecule has 1 fully saturated rings. The van der Waals surface area contributed by atoms with Crippen LogP contribution in [0.5, 0.6) is 0 Å². The Balaban J connectivity index is 1.70. The van der Waals surface area contributed by atoms with Crippen LogP contribution in [-0.2, 0) is 6.54 Å². The zero-order valence-corrected chi connectivity index (χ0v) is 11.3. The maximum absolute atomic E-state index is 5.75. The highest BCUT2D eigenvalue weighted by molar-refractivity contribution is 5.52. The van der Waals surface area contributed by atoms with Crippen molar-refractivity contribution in [1.82, 2.24) is 15.1 Å². The summed E-state index contributed by atoms with van der Waals surface area (Å²) in [5, 5.41) is 8.29. The van der Waals surface area contributed by atoms with Gasteiger partial charge in [-0.1, -0.05) is 24.1 Å². The Morgan fingerprint density at radius 1 is 1.05 bits per heavy atom. The molecule has 4 nitrogen and oxygen atoms in total. The van der Waals surface area contributed by atoms with Crippen LogP contribution in [0.2, 0.25) is 0 Å². The molecule has 1 aliphatic rings. The zero-order valence-electron chi connectivity index (χ0n) is 11.3. The highest BCUT2D eigenvalue weighted by Crippen LogP contribution is 2.19. The molecular formula is C15H19N3O. The van der Waals surface area contributed by atoms with Gasteiger partial charge in [-0.15, -0.1) is 10.2 Å². The number of piperidine rings is 1. The summed E-state index contributed by atoms with van der Waals surface area (Å²) in [6, 6.07) is 8.16. The molecule has 0 N–H and O–H groups in total. The quantitative estimate of drug-likeness (QED) is 0.847. The van der Waals surface area contributed by atoms with Gasteiger partial charge >= 0.3 is 0 Å². The Kier molecular flexibility index (Phi) is 3.60. The first-order valence-corrected chi connectivity index (χ1v) is 6.93. The molecule has 1 aromatic heterocycles. The van der Waals surface area contributed by atoms with Crippen LogP contribution in [0.3, 0.4) is 0 Å². The van der Waals surface area contributed by atoms with Crippen molar-refractivity contribution in [3.05, 3.63) is 35.7 Å². The molecule has 100 valence electrons. The molecule has 3 rings (SSSR count). The summed E-state index contributed by atoms with van der Waals surface area (Å²) in [5.74, 6) is 1.34. The van der Waals surface area contributed by atoms with Crippen molar-refractivity contribution in [3.8, 4) is 11.5 Å². The average Bonchev–Trinajstić information content (AvgIpc) is 2.89. The van der Waals surface area contributed by atoms with Gasteiger partial charge in [0.15, 0.2) is 0 Å². The lowest BCUT2D eigenvalue weighted by Crippen LogP contribution is -2.29. The van der Waals surface area contributed by atoms with Gasteiger partial charge in [0, 0.05) is 5.56 Å². The SMILES string of the molecule is Cc1ccc(-c2nnc(CN3CCCCC3)o2)cc1. The molecule has 0 bridgehead atoms. The van der Waals surface area contributed by atoms with E-state index in [-0.39, 0.29) is 0 Å². The van der Waals surface area contributed by atoms with E-state index in [1.54, 1.807) is 0 Å². The van der Waals surface area contributed by atoms with E-state index >= 15 is 0 Å². The van der Waals surface area contributed by atoms with Crippen molar-refractivity contribution in [2.75, 3.05) is 13.1 Å². The van der Waals surface area contributed by atoms with Gasteiger partial charge < -0.3 is 4.42 Å². The number of hydrogen-bond acceptors (Lipinski definition) is 4. The van der Waals surface area contributed by atoms with Gasteiger partial charge in [0.25, 0.3) is 0 Å². The summed E-state index contributed by atoms with van der Waals surface area (Å²) in [4.78, 5) is 2.38. The Labute approximate surface area is 113 Å². The molecule has 2 aromatic rings. The minimum absolute atomic E-state index is 0.618. The molecule has 0 atom stereocenters. The van der Waals surface area contributed by atoms with E-state index in [2.05, 4.69) is 34.2 Å². The molecule has 19 heavy (non-hydrogen) atoms. The second-order valence-corrected chi connectivity index (χ2v) is 5.20. The van der Waals surface area contributed by atoms with Crippen LogP contribution in [-0.4, -0.2) is 28.2 Å². The fourth-order valence-corrected chi connectivity index (χ4v) is 2.44. The Hall–Kier alpha value is -1.68. The first-order valence-electron chi connectivity index (χ1n) is 6.93. The first-order chi connectivity index (χ1) is 9.31. The van der Waals surface area contributed by atoms with E-state index in [4.69, 9.17) is 4.42 Å². The van der Waals surface area contributed by atoms with Gasteiger partial charge in [0.2, 0.25) is 11.8 Å². The van der Waals surface area contributed by atoms with Crippen molar-refractivity contribution < 1.29 is 4.42 Å². The third-order valence-electron chi connectivity index (χ3n) is 3.57. The van der Waals surface area contributed by atoms with E-state index in [0.717, 1.165) is 31.1 Å². The van der Waals surface area contributed by atoms with Crippen molar-refractivity contribution >= 4 is 0 Å². The number of rotatable bonds is 3. The number of hydrogen-bond donors (Lipinski definition) is 0. The molecule has 4 heteroatoms. The van der Waals surface area contributed by atoms with Crippen molar-refractivity contribution in [2.45, 2.75) is 32.7 Å². The number of aromatic nitrogens is 2. The maximum Gasteiger partial charge on any atom is 0.247 e. The fourth-order valence-electron chi connectivity index (χ4n) is 2.44. The van der Waals surface area contributed by atoms with Crippen molar-refractivity contribution in [1.29, 1.82) is 0 Å². The van der Waals surface area contributed by atoms with Gasteiger partial charge in [0.05, 0.1) is 6.54 Å². The molecule has 0 aliphatic carbocycles. The lowest BCUT2D eigenvalue weighted by atomic mass is 10.1. The molecule has 0 spiro atoms. The third-order valence-corrected chi connectivity index (χ3v) is 3.57. The molecule has 0 unspecified atom stereocenters. The monoisotopic (exact) mass is 257 g/mol. The normalized spacial score (nSPS) is 16.7. The van der Waals surface area contributed by atoms with Crippen LogP contribution < -0.4 is 0 Å². The highest BCUT2D eigenvalue weighted by Gasteiger charge is 2.14. The first kappa shape index (κ1) is 12.4. The Morgan fingerprint density at radius 2 is 1.79 bits per heavy atom. The maximum atomic E-state index is 5.75. The van der Waals surface area contributed by atoms with Crippen LogP contribution >= 0.6 is 0 Å². The van der Waals surface area contributed by atoms with Gasteiger partial charge in [-0.2, -0.15) is 0 Å². The summed E-state index contributed by atoms with van der Waals surface area (Å²) in [5.41, 5.74) is 2.22. The van der Waals surface area contributed by atoms with E-state index in [0.29, 0.717) is 5.89 Å². The molecule has 0 saturated carbocycles. The van der Waals surface area contributed by atoms with E-state index in [1.165, 1.54) is 24.8 Å². The predicted molar refractivity (Wildman–Crippen MR) is 73.6 cm³/mol. The smallest absolute Gasteiger partial charge is 0.247 e. The van der Waals surface area contributed by atoms with Crippen molar-refractivity contribution in [3.63, 3.8) is 0 Å². The molecule has 1 saturated heterocycles. The molecule has 0 radical (unpaired) electrons. The Bertz CT molecular complexity index is 527. The van der Waals surface area contributed by atoms with Gasteiger partial charge in [-0.05, 0) is 45.0 Å². The minimum Gasteiger partial charge on any atom is -0.419 e. The fraction of sp³-hybridized carbons (Fsp3) is 0.467. The number of nitrogens with zero attached hydrogens (tertiary/aromatic N) is 3. The molecule has 2 heterocycles. The van der Waals surface area contributed by atoms with Crippen LogP contribution in [0, 0.1) is 6.92 Å². The number of benzene rings is 1. The molecule has 0 amide bonds. The average molecular weight is 257 g/mol. The van der Waals surface area contributed by atoms with E-state index in [9.17, 15) is 0 Å². The van der Waals surface area contributed by atoms with E-state index in [1.807, 2.05) is 12.1 Å². The number of aryl methyl sites for hydroxylation is 1. The van der Waals surface area contributed by atoms with Crippen LogP contribution in [0.1, 0.15) is 30.7 Å². The molecule has 1 aromatic carbocycles. The summed E-state index contributed by atoms with van der Waals surface area (Å²) in [7, 11) is 0. The Morgan fingerprint density at radius 3 is 2.53 bits per heavy atom. The van der Waals surface area contributed by atoms with Crippen LogP contribution in [0.25, 0.3) is 11.5 Å². The van der Waals surface area contributed by atoms with Crippen LogP contribution in [0.4, 0.5) is 0 Å².